The summed E-state index contributed by atoms with van der Waals surface area (Å²) in [7, 11) is 0. The summed E-state index contributed by atoms with van der Waals surface area (Å²) in [6.45, 7) is 1.97. The van der Waals surface area contributed by atoms with Gasteiger partial charge in [-0.1, -0.05) is 0 Å². The zero-order valence-corrected chi connectivity index (χ0v) is 16.8. The minimum Gasteiger partial charge on any atom is -0.381 e. The molecule has 1 saturated carbocycles. The average molecular weight is 437 g/mol. The monoisotopic (exact) mass is 437 g/mol. The molecule has 5 nitrogen and oxygen atoms in total. The molecule has 1 aromatic carbocycles. The third-order valence-corrected chi connectivity index (χ3v) is 5.59. The Morgan fingerprint density at radius 3 is 2.52 bits per heavy atom. The number of ether oxygens (including phenoxy) is 1. The highest BCUT2D eigenvalue weighted by Crippen LogP contribution is 2.42. The second kappa shape index (κ2) is 8.82. The lowest BCUT2D eigenvalue weighted by atomic mass is 10.00. The van der Waals surface area contributed by atoms with E-state index in [9.17, 15) is 22.4 Å². The van der Waals surface area contributed by atoms with Crippen LogP contribution in [-0.2, 0) is 10.9 Å². The molecule has 0 bridgehead atoms. The van der Waals surface area contributed by atoms with E-state index >= 15 is 0 Å². The van der Waals surface area contributed by atoms with E-state index in [1.54, 1.807) is 6.07 Å². The maximum atomic E-state index is 13.7. The Morgan fingerprint density at radius 1 is 1.10 bits per heavy atom. The fourth-order valence-corrected chi connectivity index (χ4v) is 3.72. The first kappa shape index (κ1) is 21.5. The van der Waals surface area contributed by atoms with Gasteiger partial charge in [0.1, 0.15) is 11.6 Å². The summed E-state index contributed by atoms with van der Waals surface area (Å²) >= 11 is 0. The number of anilines is 2. The number of amides is 1. The molecule has 9 heteroatoms. The van der Waals surface area contributed by atoms with E-state index in [0.717, 1.165) is 43.4 Å². The molecule has 4 rings (SSSR count). The van der Waals surface area contributed by atoms with Gasteiger partial charge in [0.25, 0.3) is 5.91 Å². The van der Waals surface area contributed by atoms with Gasteiger partial charge in [0, 0.05) is 31.6 Å². The molecule has 1 aliphatic carbocycles. The van der Waals surface area contributed by atoms with Crippen molar-refractivity contribution in [3.05, 3.63) is 53.0 Å². The smallest absolute Gasteiger partial charge is 0.381 e. The molecule has 2 N–H and O–H groups in total. The molecular formula is C22H23F4N3O2. The number of hydrogen-bond donors (Lipinski definition) is 2. The van der Waals surface area contributed by atoms with Crippen molar-refractivity contribution in [2.75, 3.05) is 25.1 Å². The minimum atomic E-state index is -4.66. The molecule has 2 fully saturated rings. The molecule has 0 spiro atoms. The van der Waals surface area contributed by atoms with Gasteiger partial charge in [-0.25, -0.2) is 9.37 Å². The summed E-state index contributed by atoms with van der Waals surface area (Å²) in [5.41, 5.74) is 0.129. The van der Waals surface area contributed by atoms with E-state index in [2.05, 4.69) is 15.6 Å². The third-order valence-electron chi connectivity index (χ3n) is 5.59. The quantitative estimate of drug-likeness (QED) is 0.624. The van der Waals surface area contributed by atoms with Crippen molar-refractivity contribution in [2.24, 2.45) is 5.92 Å². The van der Waals surface area contributed by atoms with Crippen LogP contribution in [-0.4, -0.2) is 30.6 Å². The van der Waals surface area contributed by atoms with Gasteiger partial charge in [0.15, 0.2) is 0 Å². The molecular weight excluding hydrogens is 414 g/mol. The van der Waals surface area contributed by atoms with Crippen LogP contribution in [0, 0.1) is 11.7 Å². The number of nitrogens with one attached hydrogen (secondary N) is 2. The summed E-state index contributed by atoms with van der Waals surface area (Å²) in [6.07, 6.45) is 0.454. The van der Waals surface area contributed by atoms with Gasteiger partial charge in [0.2, 0.25) is 0 Å². The summed E-state index contributed by atoms with van der Waals surface area (Å²) in [4.78, 5) is 16.9. The molecule has 0 unspecified atom stereocenters. The highest BCUT2D eigenvalue weighted by Gasteiger charge is 2.32. The van der Waals surface area contributed by atoms with E-state index in [4.69, 9.17) is 4.74 Å². The highest BCUT2D eigenvalue weighted by atomic mass is 19.4. The van der Waals surface area contributed by atoms with Gasteiger partial charge in [0.05, 0.1) is 11.1 Å². The number of carbonyl (C=O) groups excluding carboxylic acids is 1. The van der Waals surface area contributed by atoms with Crippen molar-refractivity contribution in [3.8, 4) is 0 Å². The van der Waals surface area contributed by atoms with E-state index in [-0.39, 0.29) is 23.3 Å². The van der Waals surface area contributed by atoms with Crippen molar-refractivity contribution in [1.29, 1.82) is 0 Å². The SMILES string of the molecule is O=C(NCC1CCOCC1)c1cnc(Nc2cc(F)cc(C(F)(F)F)c2)cc1C1CC1. The van der Waals surface area contributed by atoms with E-state index in [1.807, 2.05) is 0 Å². The topological polar surface area (TPSA) is 63.2 Å². The molecule has 2 aliphatic rings. The molecule has 1 aliphatic heterocycles. The lowest BCUT2D eigenvalue weighted by molar-refractivity contribution is -0.137. The predicted octanol–water partition coefficient (Wildman–Crippen LogP) is 5.02. The van der Waals surface area contributed by atoms with Crippen LogP contribution in [0.3, 0.4) is 0 Å². The predicted molar refractivity (Wildman–Crippen MR) is 107 cm³/mol. The average Bonchev–Trinajstić information content (AvgIpc) is 3.57. The molecule has 166 valence electrons. The van der Waals surface area contributed by atoms with Crippen molar-refractivity contribution >= 4 is 17.4 Å². The highest BCUT2D eigenvalue weighted by molar-refractivity contribution is 5.96. The molecule has 2 heterocycles. The zero-order valence-electron chi connectivity index (χ0n) is 16.8. The fourth-order valence-electron chi connectivity index (χ4n) is 3.72. The fraction of sp³-hybridized carbons (Fsp3) is 0.455. The maximum absolute atomic E-state index is 13.7. The number of rotatable bonds is 6. The van der Waals surface area contributed by atoms with Crippen LogP contribution in [0.15, 0.2) is 30.5 Å². The van der Waals surface area contributed by atoms with Gasteiger partial charge >= 0.3 is 6.18 Å². The number of hydrogen-bond acceptors (Lipinski definition) is 4. The molecule has 0 atom stereocenters. The van der Waals surface area contributed by atoms with Crippen LogP contribution >= 0.6 is 0 Å². The van der Waals surface area contributed by atoms with Crippen molar-refractivity contribution in [3.63, 3.8) is 0 Å². The molecule has 2 aromatic rings. The Labute approximate surface area is 177 Å². The van der Waals surface area contributed by atoms with Crippen LogP contribution < -0.4 is 10.6 Å². The first-order valence-electron chi connectivity index (χ1n) is 10.3. The second-order valence-corrected chi connectivity index (χ2v) is 8.05. The largest absolute Gasteiger partial charge is 0.416 e. The molecule has 1 amide bonds. The molecule has 1 aromatic heterocycles. The van der Waals surface area contributed by atoms with Gasteiger partial charge in [-0.05, 0) is 67.3 Å². The van der Waals surface area contributed by atoms with Crippen LogP contribution in [0.1, 0.15) is 53.1 Å². The number of halogens is 4. The Balaban J connectivity index is 1.50. The first-order valence-corrected chi connectivity index (χ1v) is 10.3. The van der Waals surface area contributed by atoms with Gasteiger partial charge in [-0.15, -0.1) is 0 Å². The normalized spacial score (nSPS) is 17.4. The molecule has 1 saturated heterocycles. The summed E-state index contributed by atoms with van der Waals surface area (Å²) < 4.78 is 57.9. The lowest BCUT2D eigenvalue weighted by Crippen LogP contribution is -2.32. The second-order valence-electron chi connectivity index (χ2n) is 8.05. The Bertz CT molecular complexity index is 954. The number of alkyl halides is 3. The lowest BCUT2D eigenvalue weighted by Gasteiger charge is -2.22. The number of benzene rings is 1. The van der Waals surface area contributed by atoms with Crippen LogP contribution in [0.2, 0.25) is 0 Å². The summed E-state index contributed by atoms with van der Waals surface area (Å²) in [6, 6.07) is 3.91. The van der Waals surface area contributed by atoms with Gasteiger partial charge in [-0.3, -0.25) is 4.79 Å². The zero-order chi connectivity index (χ0) is 22.0. The van der Waals surface area contributed by atoms with E-state index < -0.39 is 17.6 Å². The molecule has 0 radical (unpaired) electrons. The molecule has 31 heavy (non-hydrogen) atoms. The Kier molecular flexibility index (Phi) is 6.13. The van der Waals surface area contributed by atoms with Gasteiger partial charge < -0.3 is 15.4 Å². The number of aromatic nitrogens is 1. The first-order chi connectivity index (χ1) is 14.8. The van der Waals surface area contributed by atoms with E-state index in [1.165, 1.54) is 6.20 Å². The number of carbonyl (C=O) groups is 1. The number of nitrogens with zero attached hydrogens (tertiary/aromatic N) is 1. The Morgan fingerprint density at radius 2 is 1.84 bits per heavy atom. The summed E-state index contributed by atoms with van der Waals surface area (Å²) in [5, 5.41) is 5.70. The van der Waals surface area contributed by atoms with Crippen molar-refractivity contribution < 1.29 is 27.1 Å². The van der Waals surface area contributed by atoms with Crippen molar-refractivity contribution in [1.82, 2.24) is 10.3 Å². The van der Waals surface area contributed by atoms with Gasteiger partial charge in [-0.2, -0.15) is 13.2 Å². The maximum Gasteiger partial charge on any atom is 0.416 e. The van der Waals surface area contributed by atoms with Crippen molar-refractivity contribution in [2.45, 2.75) is 37.8 Å². The Hall–Kier alpha value is -2.68. The standard InChI is InChI=1S/C22H23F4N3O2/c23-16-7-15(22(24,25)26)8-17(9-16)29-20-10-18(14-1-2-14)19(12-27-20)21(30)28-11-13-3-5-31-6-4-13/h7-10,12-14H,1-6,11H2,(H,27,29)(H,28,30). The summed E-state index contributed by atoms with van der Waals surface area (Å²) in [5.74, 6) is -0.347. The van der Waals surface area contributed by atoms with Crippen LogP contribution in [0.4, 0.5) is 29.1 Å². The van der Waals surface area contributed by atoms with E-state index in [0.29, 0.717) is 37.3 Å². The van der Waals surface area contributed by atoms with Crippen LogP contribution in [0.5, 0.6) is 0 Å². The third kappa shape index (κ3) is 5.52. The number of pyridine rings is 1. The minimum absolute atomic E-state index is 0.0571. The van der Waals surface area contributed by atoms with Crippen LogP contribution in [0.25, 0.3) is 0 Å².